The van der Waals surface area contributed by atoms with Crippen LogP contribution in [0.2, 0.25) is 0 Å². The molecule has 0 radical (unpaired) electrons. The average molecular weight is 1460 g/mol. The van der Waals surface area contributed by atoms with Crippen LogP contribution in [0.5, 0.6) is 0 Å². The molecule has 0 rings (SSSR count). The van der Waals surface area contributed by atoms with Crippen LogP contribution in [0.15, 0.2) is 0 Å². The van der Waals surface area contributed by atoms with Gasteiger partial charge in [0.05, 0.1) is 6.46 Å². The van der Waals surface area contributed by atoms with Crippen LogP contribution in [-0.4, -0.2) is 0 Å². The SMILES string of the molecule is POS(=S)(=S)SSSSSSSSSSSSSSSSSSSSSSSSSSSSSSSSSSSSSSSSS. The summed E-state index contributed by atoms with van der Waals surface area (Å²) in [6.45, 7) is -1.83. The highest BCUT2D eigenvalue weighted by Gasteiger charge is 2.05. The smallest absolute Gasteiger partial charge is 0.0846 e. The lowest BCUT2D eigenvalue weighted by molar-refractivity contribution is 0.764. The predicted molar refractivity (Wildman–Crippen MR) is 346 cm³/mol. The second kappa shape index (κ2) is 54.9. The van der Waals surface area contributed by atoms with Gasteiger partial charge in [-0.2, -0.15) is 0 Å². The second-order valence-corrected chi connectivity index (χ2v) is 81.9. The standard InChI is InChI=1S/H3OPS44/c2-1-46(4,5)45-44-43-42-41-40-39-38-37-36-35-34-33-32-31-30-29-28-27-26-25-24-23-22-21-20-19-18-17-16-15-14-13-12-11-10-9-8-7-6-3/h3H,2H2. The molecule has 0 aliphatic heterocycles. The fourth-order valence-corrected chi connectivity index (χ4v) is 113. The van der Waals surface area contributed by atoms with E-state index in [-0.39, 0.29) is 0 Å². The molecule has 0 aromatic heterocycles. The number of hydrogen-bond acceptors (Lipinski definition) is 44. The monoisotopic (exact) mass is 1460 g/mol. The van der Waals surface area contributed by atoms with Gasteiger partial charge in [-0.05, 0) is 101 Å². The first-order chi connectivity index (χ1) is 22.6. The molecule has 0 aliphatic carbocycles. The van der Waals surface area contributed by atoms with Crippen molar-refractivity contribution in [3.05, 3.63) is 0 Å². The van der Waals surface area contributed by atoms with Crippen molar-refractivity contribution < 1.29 is 3.97 Å². The van der Waals surface area contributed by atoms with Gasteiger partial charge in [-0.1, -0.05) is 11.7 Å². The van der Waals surface area contributed by atoms with Crippen molar-refractivity contribution in [2.45, 2.75) is 0 Å². The van der Waals surface area contributed by atoms with Crippen LogP contribution >= 0.6 is 414 Å². The number of rotatable bonds is 41. The van der Waals surface area contributed by atoms with E-state index < -0.39 is 6.46 Å². The molecule has 278 valence electrons. The van der Waals surface area contributed by atoms with Crippen molar-refractivity contribution >= 4 is 443 Å². The van der Waals surface area contributed by atoms with Crippen LogP contribution in [0.3, 0.4) is 0 Å². The topological polar surface area (TPSA) is 9.23 Å². The molecule has 0 bridgehead atoms. The maximum Gasteiger partial charge on any atom is 0.0846 e. The highest BCUT2D eigenvalue weighted by molar-refractivity contribution is 9.62. The summed E-state index contributed by atoms with van der Waals surface area (Å²) in [5, 5.41) is 0. The fraction of sp³-hybridized carbons (Fsp3) is 0. The van der Waals surface area contributed by atoms with Gasteiger partial charge >= 0.3 is 0 Å². The summed E-state index contributed by atoms with van der Waals surface area (Å²) in [5.74, 6) is 0. The maximum atomic E-state index is 5.14. The Morgan fingerprint density at radius 2 is 0.457 bits per heavy atom. The molecule has 0 saturated carbocycles. The van der Waals surface area contributed by atoms with Crippen LogP contribution in [0.25, 0.3) is 0 Å². The zero-order chi connectivity index (χ0) is 33.5. The number of hydrogen-bond donors (Lipinski definition) is 1. The first kappa shape index (κ1) is 61.5. The first-order valence-corrected chi connectivity index (χ1v) is 65.9. The molecule has 1 unspecified atom stereocenters. The van der Waals surface area contributed by atoms with Crippen LogP contribution in [-0.2, 0) is 32.8 Å². The van der Waals surface area contributed by atoms with E-state index in [1.807, 2.05) is 226 Å². The van der Waals surface area contributed by atoms with E-state index in [4.69, 9.17) is 26.3 Å². The molecule has 0 amide bonds. The van der Waals surface area contributed by atoms with Crippen molar-refractivity contribution in [3.63, 3.8) is 0 Å². The van der Waals surface area contributed by atoms with Crippen molar-refractivity contribution in [2.75, 3.05) is 0 Å². The third-order valence-corrected chi connectivity index (χ3v) is 96.4. The minimum absolute atomic E-state index is 1.44. The van der Waals surface area contributed by atoms with E-state index in [0.717, 1.165) is 0 Å². The second-order valence-electron chi connectivity index (χ2n) is 3.23. The van der Waals surface area contributed by atoms with Gasteiger partial charge in [0.2, 0.25) is 0 Å². The van der Waals surface area contributed by atoms with Gasteiger partial charge in [0.25, 0.3) is 0 Å². The Kier molecular flexibility index (Phi) is 73.4. The third-order valence-electron chi connectivity index (χ3n) is 1.29. The zero-order valence-corrected chi connectivity index (χ0v) is 56.1. The van der Waals surface area contributed by atoms with Crippen molar-refractivity contribution in [2.24, 2.45) is 0 Å². The molecule has 1 atom stereocenters. The molecule has 0 aliphatic rings. The Morgan fingerprint density at radius 1 is 0.304 bits per heavy atom. The lowest BCUT2D eigenvalue weighted by atomic mass is 15.9. The molecule has 0 heterocycles. The van der Waals surface area contributed by atoms with Gasteiger partial charge in [-0.3, -0.25) is 3.97 Å². The van der Waals surface area contributed by atoms with E-state index in [2.05, 4.69) is 21.1 Å². The van der Waals surface area contributed by atoms with E-state index in [0.29, 0.717) is 0 Å². The van der Waals surface area contributed by atoms with Crippen molar-refractivity contribution in [3.8, 4) is 0 Å². The maximum absolute atomic E-state index is 5.14. The molecule has 0 aromatic carbocycles. The van der Waals surface area contributed by atoms with Crippen molar-refractivity contribution in [1.29, 1.82) is 0 Å². The predicted octanol–water partition coefficient (Wildman–Crippen LogP) is 26.6. The summed E-state index contributed by atoms with van der Waals surface area (Å²) in [6.07, 6.45) is 0. The van der Waals surface area contributed by atoms with E-state index in [1.165, 1.54) is 19.7 Å². The lowest BCUT2D eigenvalue weighted by Gasteiger charge is -2.03. The summed E-state index contributed by atoms with van der Waals surface area (Å²) < 4.78 is 5.02. The summed E-state index contributed by atoms with van der Waals surface area (Å²) in [4.78, 5) is 0. The van der Waals surface area contributed by atoms with E-state index in [9.17, 15) is 0 Å². The van der Waals surface area contributed by atoms with Gasteiger partial charge in [-0.25, -0.2) is 0 Å². The third kappa shape index (κ3) is 55.7. The zero-order valence-electron chi connectivity index (χ0n) is 19.0. The molecule has 46 heavy (non-hydrogen) atoms. The Bertz CT molecular complexity index is 638. The lowest BCUT2D eigenvalue weighted by Crippen LogP contribution is -1.81. The minimum atomic E-state index is -1.83. The van der Waals surface area contributed by atoms with Crippen LogP contribution in [0.4, 0.5) is 0 Å². The molecule has 0 spiro atoms. The van der Waals surface area contributed by atoms with E-state index >= 15 is 0 Å². The fourth-order valence-electron chi connectivity index (χ4n) is 0.482. The molecule has 0 fully saturated rings. The average Bonchev–Trinajstić information content (AvgIpc) is 3.05. The molecule has 0 aromatic rings. The highest BCUT2D eigenvalue weighted by Crippen LogP contribution is 2.68. The highest BCUT2D eigenvalue weighted by atomic mass is 34.1. The quantitative estimate of drug-likeness (QED) is 0.0269. The van der Waals surface area contributed by atoms with Crippen LogP contribution in [0.1, 0.15) is 0 Å². The Labute approximate surface area is 435 Å². The van der Waals surface area contributed by atoms with Crippen molar-refractivity contribution in [1.82, 2.24) is 0 Å². The number of thiol groups is 1. The van der Waals surface area contributed by atoms with Gasteiger partial charge in [0, 0.05) is 324 Å². The van der Waals surface area contributed by atoms with Gasteiger partial charge in [0.1, 0.15) is 0 Å². The molecular weight excluding hydrogens is 1460 g/mol. The van der Waals surface area contributed by atoms with E-state index in [1.54, 1.807) is 147 Å². The summed E-state index contributed by atoms with van der Waals surface area (Å²) >= 11 is 14.4. The molecule has 0 saturated heterocycles. The first-order valence-electron chi connectivity index (χ1n) is 7.58. The Hall–Kier alpha value is 15.5. The Balaban J connectivity index is 3.07. The summed E-state index contributed by atoms with van der Waals surface area (Å²) in [5.41, 5.74) is 0. The Morgan fingerprint density at radius 3 is 0.609 bits per heavy atom. The van der Waals surface area contributed by atoms with Crippen LogP contribution in [0, 0.1) is 0 Å². The largest absolute Gasteiger partial charge is 0.285 e. The molecular formula is H3OPS44. The summed E-state index contributed by atoms with van der Waals surface area (Å²) in [6, 6.07) is 0. The van der Waals surface area contributed by atoms with Crippen LogP contribution < -0.4 is 0 Å². The summed E-state index contributed by atoms with van der Waals surface area (Å²) in [7, 11) is 73.1. The van der Waals surface area contributed by atoms with Gasteiger partial charge < -0.3 is 0 Å². The minimum Gasteiger partial charge on any atom is -0.285 e. The molecule has 46 heteroatoms. The normalized spacial score (nSPS) is 12.0. The van der Waals surface area contributed by atoms with Gasteiger partial charge in [0.15, 0.2) is 0 Å². The molecule has 0 N–H and O–H groups in total. The van der Waals surface area contributed by atoms with Gasteiger partial charge in [-0.15, -0.1) is 0 Å². The molecule has 1 nitrogen and oxygen atoms in total.